The number of carbonyl (C=O) groups is 3. The van der Waals surface area contributed by atoms with Gasteiger partial charge in [0.2, 0.25) is 11.9 Å². The highest BCUT2D eigenvalue weighted by Crippen LogP contribution is 2.43. The molecule has 9 nitrogen and oxygen atoms in total. The normalized spacial score (nSPS) is 13.1. The lowest BCUT2D eigenvalue weighted by Crippen LogP contribution is -2.35. The molecule has 0 fully saturated rings. The van der Waals surface area contributed by atoms with Crippen molar-refractivity contribution < 1.29 is 14.4 Å². The van der Waals surface area contributed by atoms with E-state index in [1.165, 1.54) is 23.2 Å². The predicted molar refractivity (Wildman–Crippen MR) is 157 cm³/mol. The lowest BCUT2D eigenvalue weighted by molar-refractivity contribution is -0.114. The van der Waals surface area contributed by atoms with E-state index in [0.717, 1.165) is 16.0 Å². The van der Waals surface area contributed by atoms with E-state index in [2.05, 4.69) is 20.6 Å². The van der Waals surface area contributed by atoms with Gasteiger partial charge in [-0.2, -0.15) is 0 Å². The van der Waals surface area contributed by atoms with Crippen molar-refractivity contribution in [1.82, 2.24) is 19.9 Å². The number of anilines is 3. The number of hydrogen-bond donors (Lipinski definition) is 2. The van der Waals surface area contributed by atoms with Crippen molar-refractivity contribution in [2.75, 3.05) is 10.6 Å². The minimum atomic E-state index is -0.715. The van der Waals surface area contributed by atoms with Gasteiger partial charge in [-0.25, -0.2) is 15.0 Å². The second-order valence-corrected chi connectivity index (χ2v) is 10.4. The van der Waals surface area contributed by atoms with Crippen LogP contribution in [0.2, 0.25) is 0 Å². The molecule has 0 saturated heterocycles. The van der Waals surface area contributed by atoms with Crippen LogP contribution in [-0.2, 0) is 11.2 Å². The van der Waals surface area contributed by atoms with Crippen LogP contribution >= 0.6 is 11.3 Å². The molecule has 1 aliphatic rings. The Balaban J connectivity index is 1.51. The lowest BCUT2D eigenvalue weighted by Gasteiger charge is -2.26. The molecule has 1 unspecified atom stereocenters. The highest BCUT2D eigenvalue weighted by atomic mass is 32.1. The van der Waals surface area contributed by atoms with Crippen LogP contribution in [0.15, 0.2) is 97.3 Å². The summed E-state index contributed by atoms with van der Waals surface area (Å²) < 4.78 is 0. The van der Waals surface area contributed by atoms with E-state index in [9.17, 15) is 14.4 Å². The quantitative estimate of drug-likeness (QED) is 0.228. The Hall–Kier alpha value is -5.22. The maximum absolute atomic E-state index is 13.7. The maximum atomic E-state index is 13.7. The highest BCUT2D eigenvalue weighted by molar-refractivity contribution is 7.19. The van der Waals surface area contributed by atoms with E-state index in [0.29, 0.717) is 40.0 Å². The van der Waals surface area contributed by atoms with Crippen LogP contribution in [0, 0.1) is 0 Å². The van der Waals surface area contributed by atoms with E-state index >= 15 is 0 Å². The molecule has 0 aliphatic carbocycles. The number of fused-ring (bicyclic) bond motifs is 1. The zero-order chi connectivity index (χ0) is 28.3. The molecule has 2 aromatic heterocycles. The standard InChI is InChI=1S/C31H24N6O3S/c1-19(38)34-22-12-7-11-21(18-22)27-26(35-31(41-27)36-30-32-15-8-16-33-30)25(17-20-9-3-2-4-10-20)37-28(39)23-13-5-6-14-24(23)29(37)40/h2-16,18,25H,17H2,1H3,(H,34,38)(H,32,33,35,36). The minimum absolute atomic E-state index is 0.191. The summed E-state index contributed by atoms with van der Waals surface area (Å²) in [6.07, 6.45) is 3.60. The predicted octanol–water partition coefficient (Wildman–Crippen LogP) is 5.88. The SMILES string of the molecule is CC(=O)Nc1cccc(-c2sc(Nc3ncccn3)nc2C(Cc2ccccc2)N2C(=O)c3ccccc3C2=O)c1. The van der Waals surface area contributed by atoms with Crippen molar-refractivity contribution in [2.24, 2.45) is 0 Å². The molecule has 0 bridgehead atoms. The highest BCUT2D eigenvalue weighted by Gasteiger charge is 2.42. The zero-order valence-electron chi connectivity index (χ0n) is 21.9. The molecule has 41 heavy (non-hydrogen) atoms. The molecule has 3 amide bonds. The van der Waals surface area contributed by atoms with Crippen molar-refractivity contribution in [2.45, 2.75) is 19.4 Å². The average Bonchev–Trinajstić information content (AvgIpc) is 3.51. The molecule has 1 aliphatic heterocycles. The third kappa shape index (κ3) is 5.32. The second-order valence-electron chi connectivity index (χ2n) is 9.42. The molecular weight excluding hydrogens is 536 g/mol. The summed E-state index contributed by atoms with van der Waals surface area (Å²) in [5.41, 5.74) is 3.63. The molecule has 0 spiro atoms. The Morgan fingerprint density at radius 1 is 0.878 bits per heavy atom. The van der Waals surface area contributed by atoms with Crippen LogP contribution < -0.4 is 10.6 Å². The third-order valence-electron chi connectivity index (χ3n) is 6.61. The topological polar surface area (TPSA) is 117 Å². The van der Waals surface area contributed by atoms with Crippen molar-refractivity contribution in [3.63, 3.8) is 0 Å². The van der Waals surface area contributed by atoms with Crippen LogP contribution in [0.3, 0.4) is 0 Å². The summed E-state index contributed by atoms with van der Waals surface area (Å²) in [6, 6.07) is 25.0. The van der Waals surface area contributed by atoms with Crippen molar-refractivity contribution in [3.8, 4) is 10.4 Å². The van der Waals surface area contributed by atoms with Gasteiger partial charge < -0.3 is 10.6 Å². The lowest BCUT2D eigenvalue weighted by atomic mass is 9.99. The van der Waals surface area contributed by atoms with E-state index in [4.69, 9.17) is 4.98 Å². The van der Waals surface area contributed by atoms with Crippen LogP contribution in [0.25, 0.3) is 10.4 Å². The van der Waals surface area contributed by atoms with Gasteiger partial charge in [-0.1, -0.05) is 65.9 Å². The number of imide groups is 1. The fraction of sp³-hybridized carbons (Fsp3) is 0.0968. The Morgan fingerprint density at radius 2 is 1.56 bits per heavy atom. The number of benzene rings is 3. The Labute approximate surface area is 239 Å². The number of nitrogens with zero attached hydrogens (tertiary/aromatic N) is 4. The monoisotopic (exact) mass is 560 g/mol. The maximum Gasteiger partial charge on any atom is 0.262 e. The van der Waals surface area contributed by atoms with Gasteiger partial charge in [0.1, 0.15) is 0 Å². The van der Waals surface area contributed by atoms with Crippen LogP contribution in [0.4, 0.5) is 16.8 Å². The molecule has 1 atom stereocenters. The summed E-state index contributed by atoms with van der Waals surface area (Å²) in [5, 5.41) is 6.48. The molecule has 202 valence electrons. The molecule has 10 heteroatoms. The Morgan fingerprint density at radius 3 is 2.24 bits per heavy atom. The largest absolute Gasteiger partial charge is 0.326 e. The summed E-state index contributed by atoms with van der Waals surface area (Å²) in [5.74, 6) is -0.549. The van der Waals surface area contributed by atoms with E-state index in [-0.39, 0.29) is 17.7 Å². The van der Waals surface area contributed by atoms with Gasteiger partial charge in [0.05, 0.1) is 27.7 Å². The molecule has 6 rings (SSSR count). The van der Waals surface area contributed by atoms with Crippen molar-refractivity contribution in [1.29, 1.82) is 0 Å². The van der Waals surface area contributed by atoms with E-state index in [1.54, 1.807) is 48.8 Å². The van der Waals surface area contributed by atoms with Gasteiger partial charge in [-0.05, 0) is 47.9 Å². The first-order valence-corrected chi connectivity index (χ1v) is 13.7. The molecule has 0 saturated carbocycles. The summed E-state index contributed by atoms with van der Waals surface area (Å²) in [7, 11) is 0. The Bertz CT molecular complexity index is 1720. The first kappa shape index (κ1) is 26.0. The summed E-state index contributed by atoms with van der Waals surface area (Å²) in [4.78, 5) is 54.7. The number of amides is 3. The van der Waals surface area contributed by atoms with Gasteiger partial charge in [0, 0.05) is 25.0 Å². The number of carbonyl (C=O) groups excluding carboxylic acids is 3. The van der Waals surface area contributed by atoms with Crippen molar-refractivity contribution >= 4 is 45.8 Å². The molecular formula is C31H24N6O3S. The fourth-order valence-corrected chi connectivity index (χ4v) is 5.87. The molecule has 2 N–H and O–H groups in total. The van der Waals surface area contributed by atoms with Crippen molar-refractivity contribution in [3.05, 3.63) is 120 Å². The number of hydrogen-bond acceptors (Lipinski definition) is 8. The van der Waals surface area contributed by atoms with Gasteiger partial charge in [-0.3, -0.25) is 19.3 Å². The zero-order valence-corrected chi connectivity index (χ0v) is 22.8. The smallest absolute Gasteiger partial charge is 0.262 e. The van der Waals surface area contributed by atoms with Gasteiger partial charge in [0.25, 0.3) is 11.8 Å². The van der Waals surface area contributed by atoms with Crippen LogP contribution in [0.1, 0.15) is 44.9 Å². The number of nitrogens with one attached hydrogen (secondary N) is 2. The van der Waals surface area contributed by atoms with Gasteiger partial charge >= 0.3 is 0 Å². The third-order valence-corrected chi connectivity index (χ3v) is 7.64. The van der Waals surface area contributed by atoms with Gasteiger partial charge in [-0.15, -0.1) is 0 Å². The summed E-state index contributed by atoms with van der Waals surface area (Å²) >= 11 is 1.35. The molecule has 3 heterocycles. The average molecular weight is 561 g/mol. The second kappa shape index (κ2) is 11.1. The van der Waals surface area contributed by atoms with Gasteiger partial charge in [0.15, 0.2) is 5.13 Å². The van der Waals surface area contributed by atoms with E-state index in [1.807, 2.05) is 48.5 Å². The first-order valence-electron chi connectivity index (χ1n) is 12.9. The summed E-state index contributed by atoms with van der Waals surface area (Å²) in [6.45, 7) is 1.45. The molecule has 3 aromatic carbocycles. The first-order chi connectivity index (χ1) is 20.0. The van der Waals surface area contributed by atoms with E-state index < -0.39 is 6.04 Å². The Kier molecular flexibility index (Phi) is 7.05. The number of rotatable bonds is 8. The minimum Gasteiger partial charge on any atom is -0.326 e. The molecule has 5 aromatic rings. The number of aromatic nitrogens is 3. The fourth-order valence-electron chi connectivity index (χ4n) is 4.86. The van der Waals surface area contributed by atoms with Crippen LogP contribution in [-0.4, -0.2) is 37.6 Å². The number of thiazole rings is 1. The molecule has 0 radical (unpaired) electrons. The van der Waals surface area contributed by atoms with Crippen LogP contribution in [0.5, 0.6) is 0 Å².